The van der Waals surface area contributed by atoms with Crippen LogP contribution in [0.2, 0.25) is 5.02 Å². The number of amides is 1. The second-order valence-corrected chi connectivity index (χ2v) is 11.1. The number of anilines is 1. The Hall–Kier alpha value is -3.44. The van der Waals surface area contributed by atoms with E-state index < -0.39 is 11.4 Å². The molecule has 3 rings (SSSR count). The number of carboxylic acid groups (broad SMARTS) is 1. The van der Waals surface area contributed by atoms with Gasteiger partial charge < -0.3 is 25.2 Å². The summed E-state index contributed by atoms with van der Waals surface area (Å²) in [6.45, 7) is 7.98. The van der Waals surface area contributed by atoms with Gasteiger partial charge in [-0.05, 0) is 77.1 Å². The second kappa shape index (κ2) is 12.0. The van der Waals surface area contributed by atoms with Gasteiger partial charge in [0.25, 0.3) is 5.91 Å². The summed E-state index contributed by atoms with van der Waals surface area (Å²) in [5.41, 5.74) is 0.979. The third-order valence-electron chi connectivity index (χ3n) is 7.38. The minimum atomic E-state index is -0.793. The molecule has 9 heteroatoms. The van der Waals surface area contributed by atoms with Crippen molar-refractivity contribution in [2.45, 2.75) is 78.0 Å². The largest absolute Gasteiger partial charge is 0.496 e. The zero-order valence-corrected chi connectivity index (χ0v) is 23.4. The summed E-state index contributed by atoms with van der Waals surface area (Å²) in [5.74, 6) is -0.0808. The van der Waals surface area contributed by atoms with Gasteiger partial charge in [-0.15, -0.1) is 0 Å². The lowest BCUT2D eigenvalue weighted by Gasteiger charge is -2.34. The predicted octanol–water partition coefficient (Wildman–Crippen LogP) is 6.16. The summed E-state index contributed by atoms with van der Waals surface area (Å²) in [4.78, 5) is 24.6. The quantitative estimate of drug-likeness (QED) is 0.329. The zero-order chi connectivity index (χ0) is 28.1. The van der Waals surface area contributed by atoms with Gasteiger partial charge >= 0.3 is 5.97 Å². The molecule has 1 saturated carbocycles. The number of nitrogens with one attached hydrogen (secondary N) is 2. The van der Waals surface area contributed by atoms with Gasteiger partial charge in [0.05, 0.1) is 29.8 Å². The molecule has 0 heterocycles. The van der Waals surface area contributed by atoms with Crippen LogP contribution < -0.4 is 20.1 Å². The number of carbonyl (C=O) groups excluding carboxylic acids is 1. The molecule has 38 heavy (non-hydrogen) atoms. The molecule has 1 aliphatic carbocycles. The maximum atomic E-state index is 13.0. The van der Waals surface area contributed by atoms with E-state index >= 15 is 0 Å². The molecule has 2 aromatic rings. The van der Waals surface area contributed by atoms with Crippen molar-refractivity contribution in [2.24, 2.45) is 5.41 Å². The minimum Gasteiger partial charge on any atom is -0.496 e. The summed E-state index contributed by atoms with van der Waals surface area (Å²) >= 11 is 6.25. The van der Waals surface area contributed by atoms with E-state index in [-0.39, 0.29) is 24.1 Å². The highest BCUT2D eigenvalue weighted by atomic mass is 35.5. The number of aliphatic carboxylic acids is 1. The van der Waals surface area contributed by atoms with Crippen molar-refractivity contribution in [3.05, 3.63) is 52.0 Å². The second-order valence-electron chi connectivity index (χ2n) is 10.7. The first kappa shape index (κ1) is 29.1. The lowest BCUT2D eigenvalue weighted by Crippen LogP contribution is -2.43. The van der Waals surface area contributed by atoms with Crippen molar-refractivity contribution in [3.63, 3.8) is 0 Å². The Morgan fingerprint density at radius 1 is 1.21 bits per heavy atom. The molecule has 0 atom stereocenters. The Kier molecular flexibility index (Phi) is 9.16. The summed E-state index contributed by atoms with van der Waals surface area (Å²) in [6.07, 6.45) is 2.78. The van der Waals surface area contributed by atoms with E-state index in [0.717, 1.165) is 12.0 Å². The average molecular weight is 542 g/mol. The van der Waals surface area contributed by atoms with Crippen LogP contribution in [0.4, 0.5) is 5.69 Å². The monoisotopic (exact) mass is 541 g/mol. The number of halogens is 1. The van der Waals surface area contributed by atoms with Crippen molar-refractivity contribution in [3.8, 4) is 17.6 Å². The smallest absolute Gasteiger partial charge is 0.309 e. The SMILES string of the molecule is CCC(C)(C)NC(=O)c1ccc(Cl)cc1NCc1cc(O[C@H]2CC[C@@](C)(C(=O)O)CC2)c(C#N)cc1OC. The van der Waals surface area contributed by atoms with E-state index in [1.165, 1.54) is 7.11 Å². The Balaban J connectivity index is 1.83. The molecule has 0 bridgehead atoms. The zero-order valence-electron chi connectivity index (χ0n) is 22.6. The molecule has 0 aliphatic heterocycles. The number of carboxylic acids is 1. The van der Waals surface area contributed by atoms with Crippen molar-refractivity contribution < 1.29 is 24.2 Å². The first-order valence-electron chi connectivity index (χ1n) is 12.8. The lowest BCUT2D eigenvalue weighted by molar-refractivity contribution is -0.150. The number of benzene rings is 2. The van der Waals surface area contributed by atoms with E-state index in [1.54, 1.807) is 37.3 Å². The van der Waals surface area contributed by atoms with Gasteiger partial charge in [0.2, 0.25) is 0 Å². The Morgan fingerprint density at radius 3 is 2.47 bits per heavy atom. The molecule has 1 aliphatic rings. The Morgan fingerprint density at radius 2 is 1.89 bits per heavy atom. The van der Waals surface area contributed by atoms with E-state index in [2.05, 4.69) is 16.7 Å². The number of methoxy groups -OCH3 is 1. The van der Waals surface area contributed by atoms with Gasteiger partial charge in [0.15, 0.2) is 0 Å². The molecule has 8 nitrogen and oxygen atoms in total. The van der Waals surface area contributed by atoms with Crippen LogP contribution in [-0.4, -0.2) is 35.7 Å². The maximum Gasteiger partial charge on any atom is 0.309 e. The van der Waals surface area contributed by atoms with Crippen molar-refractivity contribution in [2.75, 3.05) is 12.4 Å². The number of hydrogen-bond donors (Lipinski definition) is 3. The van der Waals surface area contributed by atoms with Gasteiger partial charge in [0.1, 0.15) is 17.6 Å². The molecule has 2 aromatic carbocycles. The van der Waals surface area contributed by atoms with Gasteiger partial charge in [-0.2, -0.15) is 5.26 Å². The fourth-order valence-electron chi connectivity index (χ4n) is 4.37. The highest BCUT2D eigenvalue weighted by Gasteiger charge is 2.38. The van der Waals surface area contributed by atoms with E-state index in [1.807, 2.05) is 20.8 Å². The van der Waals surface area contributed by atoms with Crippen LogP contribution in [0.1, 0.15) is 81.3 Å². The van der Waals surface area contributed by atoms with Gasteiger partial charge in [-0.1, -0.05) is 18.5 Å². The highest BCUT2D eigenvalue weighted by molar-refractivity contribution is 6.31. The van der Waals surface area contributed by atoms with Crippen LogP contribution in [0.15, 0.2) is 30.3 Å². The average Bonchev–Trinajstić information content (AvgIpc) is 2.88. The van der Waals surface area contributed by atoms with Gasteiger partial charge in [-0.3, -0.25) is 9.59 Å². The third kappa shape index (κ3) is 6.90. The van der Waals surface area contributed by atoms with Gasteiger partial charge in [-0.25, -0.2) is 0 Å². The van der Waals surface area contributed by atoms with Crippen LogP contribution in [-0.2, 0) is 11.3 Å². The molecule has 1 amide bonds. The van der Waals surface area contributed by atoms with E-state index in [9.17, 15) is 20.0 Å². The summed E-state index contributed by atoms with van der Waals surface area (Å²) in [5, 5.41) is 26.1. The molecule has 0 radical (unpaired) electrons. The number of ether oxygens (including phenoxy) is 2. The van der Waals surface area contributed by atoms with Crippen LogP contribution in [0.5, 0.6) is 11.5 Å². The van der Waals surface area contributed by atoms with Crippen molar-refractivity contribution in [1.82, 2.24) is 5.32 Å². The lowest BCUT2D eigenvalue weighted by atomic mass is 9.75. The minimum absolute atomic E-state index is 0.186. The molecule has 204 valence electrons. The molecular weight excluding hydrogens is 506 g/mol. The Labute approximate surface area is 229 Å². The van der Waals surface area contributed by atoms with Crippen LogP contribution in [0, 0.1) is 16.7 Å². The maximum absolute atomic E-state index is 13.0. The molecule has 0 saturated heterocycles. The molecule has 0 unspecified atom stereocenters. The topological polar surface area (TPSA) is 121 Å². The first-order valence-corrected chi connectivity index (χ1v) is 13.2. The number of nitrogens with zero attached hydrogens (tertiary/aromatic N) is 1. The normalized spacial score (nSPS) is 19.2. The van der Waals surface area contributed by atoms with Crippen LogP contribution >= 0.6 is 11.6 Å². The Bertz CT molecular complexity index is 1230. The van der Waals surface area contributed by atoms with Crippen LogP contribution in [0.25, 0.3) is 0 Å². The van der Waals surface area contributed by atoms with E-state index in [0.29, 0.717) is 59.0 Å². The number of rotatable bonds is 10. The summed E-state index contributed by atoms with van der Waals surface area (Å²) < 4.78 is 11.7. The molecule has 1 fully saturated rings. The fourth-order valence-corrected chi connectivity index (χ4v) is 4.54. The molecule has 0 spiro atoms. The van der Waals surface area contributed by atoms with Crippen molar-refractivity contribution in [1.29, 1.82) is 5.26 Å². The number of nitriles is 1. The summed E-state index contributed by atoms with van der Waals surface area (Å²) in [7, 11) is 1.53. The standard InChI is InChI=1S/C29H36ClN3O5/c1-6-28(2,3)33-26(34)22-8-7-20(30)15-23(22)32-17-19-14-25(18(16-31)13-24(19)37-5)38-21-9-11-29(4,12-10-21)27(35)36/h7-8,13-15,21,32H,6,9-12,17H2,1-5H3,(H,33,34)(H,35,36)/t21-,29+. The third-order valence-corrected chi connectivity index (χ3v) is 7.62. The highest BCUT2D eigenvalue weighted by Crippen LogP contribution is 2.39. The van der Waals surface area contributed by atoms with E-state index in [4.69, 9.17) is 21.1 Å². The van der Waals surface area contributed by atoms with Gasteiger partial charge in [0, 0.05) is 34.4 Å². The number of hydrogen-bond acceptors (Lipinski definition) is 6. The first-order chi connectivity index (χ1) is 17.9. The molecule has 3 N–H and O–H groups in total. The predicted molar refractivity (Wildman–Crippen MR) is 147 cm³/mol. The van der Waals surface area contributed by atoms with Crippen molar-refractivity contribution >= 4 is 29.2 Å². The molecule has 0 aromatic heterocycles. The summed E-state index contributed by atoms with van der Waals surface area (Å²) in [6, 6.07) is 10.6. The fraction of sp³-hybridized carbons (Fsp3) is 0.483. The number of carbonyl (C=O) groups is 2. The van der Waals surface area contributed by atoms with Crippen LogP contribution in [0.3, 0.4) is 0 Å². The molecular formula is C29H36ClN3O5.